The summed E-state index contributed by atoms with van der Waals surface area (Å²) in [7, 11) is 0. The van der Waals surface area contributed by atoms with E-state index in [1.807, 2.05) is 38.1 Å². The molecule has 1 aliphatic rings. The monoisotopic (exact) mass is 346 g/mol. The van der Waals surface area contributed by atoms with E-state index < -0.39 is 4.92 Å². The van der Waals surface area contributed by atoms with Gasteiger partial charge in [0.1, 0.15) is 5.69 Å². The topological polar surface area (TPSA) is 81.3 Å². The third-order valence-corrected chi connectivity index (χ3v) is 5.35. The Hall–Kier alpha value is -2.35. The van der Waals surface area contributed by atoms with E-state index in [9.17, 15) is 14.9 Å². The summed E-state index contributed by atoms with van der Waals surface area (Å²) in [6, 6.07) is 7.57. The fourth-order valence-electron chi connectivity index (χ4n) is 2.96. The van der Waals surface area contributed by atoms with Gasteiger partial charge < -0.3 is 4.90 Å². The van der Waals surface area contributed by atoms with Crippen LogP contribution >= 0.6 is 11.8 Å². The summed E-state index contributed by atoms with van der Waals surface area (Å²) in [5.41, 5.74) is 0.901. The number of carbonyl (C=O) groups excluding carboxylic acids is 1. The van der Waals surface area contributed by atoms with Gasteiger partial charge in [0.15, 0.2) is 0 Å². The highest BCUT2D eigenvalue weighted by Crippen LogP contribution is 2.39. The molecule has 0 unspecified atom stereocenters. The van der Waals surface area contributed by atoms with Gasteiger partial charge in [0.25, 0.3) is 5.91 Å². The predicted molar refractivity (Wildman–Crippen MR) is 92.7 cm³/mol. The molecule has 2 aromatic rings. The molecule has 7 nitrogen and oxygen atoms in total. The van der Waals surface area contributed by atoms with Crippen LogP contribution in [-0.4, -0.2) is 32.4 Å². The number of hydrogen-bond donors (Lipinski definition) is 0. The maximum absolute atomic E-state index is 13.2. The number of aromatic nitrogens is 2. The van der Waals surface area contributed by atoms with Gasteiger partial charge in [-0.25, -0.2) is 0 Å². The molecular weight excluding hydrogens is 328 g/mol. The van der Waals surface area contributed by atoms with Crippen LogP contribution in [0.25, 0.3) is 0 Å². The van der Waals surface area contributed by atoms with Crippen molar-refractivity contribution in [2.24, 2.45) is 0 Å². The zero-order valence-electron chi connectivity index (χ0n) is 13.7. The van der Waals surface area contributed by atoms with E-state index in [1.54, 1.807) is 23.6 Å². The summed E-state index contributed by atoms with van der Waals surface area (Å²) in [6.07, 6.45) is 0. The standard InChI is InChI=1S/C16H18N4O3S/c1-4-18-15(14(20(22)23)11(3)17-18)16(21)19-10(2)9-24-13-8-6-5-7-12(13)19/h5-8,10H,4,9H2,1-3H3/t10-/m0/s1. The molecule has 0 radical (unpaired) electrons. The first-order chi connectivity index (χ1) is 11.5. The van der Waals surface area contributed by atoms with E-state index in [-0.39, 0.29) is 29.0 Å². The molecule has 2 heterocycles. The van der Waals surface area contributed by atoms with Crippen LogP contribution in [0.4, 0.5) is 11.4 Å². The van der Waals surface area contributed by atoms with Crippen LogP contribution in [0.1, 0.15) is 30.0 Å². The van der Waals surface area contributed by atoms with Crippen molar-refractivity contribution in [3.8, 4) is 0 Å². The van der Waals surface area contributed by atoms with Gasteiger partial charge in [-0.15, -0.1) is 11.8 Å². The number of rotatable bonds is 3. The van der Waals surface area contributed by atoms with E-state index in [0.717, 1.165) is 16.3 Å². The number of thioether (sulfide) groups is 1. The van der Waals surface area contributed by atoms with Gasteiger partial charge in [0, 0.05) is 23.2 Å². The first kappa shape index (κ1) is 16.5. The minimum Gasteiger partial charge on any atom is -0.302 e. The Labute approximate surface area is 143 Å². The van der Waals surface area contributed by atoms with Crippen LogP contribution in [-0.2, 0) is 6.54 Å². The van der Waals surface area contributed by atoms with Gasteiger partial charge in [-0.2, -0.15) is 5.10 Å². The molecule has 0 spiro atoms. The van der Waals surface area contributed by atoms with Gasteiger partial charge in [-0.1, -0.05) is 12.1 Å². The SMILES string of the molecule is CCn1nc(C)c([N+](=O)[O-])c1C(=O)N1c2ccccc2SC[C@@H]1C. The lowest BCUT2D eigenvalue weighted by Gasteiger charge is -2.34. The van der Waals surface area contributed by atoms with E-state index in [2.05, 4.69) is 5.10 Å². The second kappa shape index (κ2) is 6.27. The molecule has 8 heteroatoms. The maximum atomic E-state index is 13.2. The summed E-state index contributed by atoms with van der Waals surface area (Å²) in [6.45, 7) is 5.72. The first-order valence-electron chi connectivity index (χ1n) is 7.72. The average molecular weight is 346 g/mol. The van der Waals surface area contributed by atoms with Gasteiger partial charge >= 0.3 is 5.69 Å². The summed E-state index contributed by atoms with van der Waals surface area (Å²) in [5.74, 6) is 0.375. The first-order valence-corrected chi connectivity index (χ1v) is 8.71. The van der Waals surface area contributed by atoms with E-state index >= 15 is 0 Å². The van der Waals surface area contributed by atoms with Gasteiger partial charge in [-0.05, 0) is 32.9 Å². The number of amides is 1. The lowest BCUT2D eigenvalue weighted by atomic mass is 10.2. The number of anilines is 1. The normalized spacial score (nSPS) is 16.8. The van der Waals surface area contributed by atoms with Crippen molar-refractivity contribution in [3.63, 3.8) is 0 Å². The molecule has 3 rings (SSSR count). The van der Waals surface area contributed by atoms with Crippen LogP contribution in [0.2, 0.25) is 0 Å². The van der Waals surface area contributed by atoms with Crippen molar-refractivity contribution in [1.82, 2.24) is 9.78 Å². The predicted octanol–water partition coefficient (Wildman–Crippen LogP) is 3.26. The molecule has 1 aromatic heterocycles. The van der Waals surface area contributed by atoms with Crippen LogP contribution < -0.4 is 4.90 Å². The Morgan fingerprint density at radius 2 is 2.17 bits per heavy atom. The number of nitro groups is 1. The molecule has 0 fully saturated rings. The van der Waals surface area contributed by atoms with Crippen molar-refractivity contribution in [3.05, 3.63) is 45.8 Å². The van der Waals surface area contributed by atoms with Gasteiger partial charge in [-0.3, -0.25) is 19.6 Å². The van der Waals surface area contributed by atoms with Crippen molar-refractivity contribution < 1.29 is 9.72 Å². The summed E-state index contributed by atoms with van der Waals surface area (Å²) >= 11 is 1.69. The van der Waals surface area contributed by atoms with Crippen molar-refractivity contribution in [2.75, 3.05) is 10.7 Å². The molecule has 0 bridgehead atoms. The highest BCUT2D eigenvalue weighted by Gasteiger charge is 2.37. The molecule has 1 aromatic carbocycles. The van der Waals surface area contributed by atoms with Gasteiger partial charge in [0.2, 0.25) is 5.69 Å². The zero-order valence-corrected chi connectivity index (χ0v) is 14.5. The smallest absolute Gasteiger partial charge is 0.302 e. The Kier molecular flexibility index (Phi) is 4.31. The fourth-order valence-corrected chi connectivity index (χ4v) is 4.01. The lowest BCUT2D eigenvalue weighted by Crippen LogP contribution is -2.43. The molecule has 0 N–H and O–H groups in total. The van der Waals surface area contributed by atoms with Crippen molar-refractivity contribution >= 4 is 29.0 Å². The average Bonchev–Trinajstić information content (AvgIpc) is 2.91. The third kappa shape index (κ3) is 2.56. The number of hydrogen-bond acceptors (Lipinski definition) is 5. The Balaban J connectivity index is 2.15. The molecular formula is C16H18N4O3S. The van der Waals surface area contributed by atoms with Crippen LogP contribution in [0.3, 0.4) is 0 Å². The summed E-state index contributed by atoms with van der Waals surface area (Å²) in [4.78, 5) is 26.8. The second-order valence-corrected chi connectivity index (χ2v) is 6.72. The lowest BCUT2D eigenvalue weighted by molar-refractivity contribution is -0.385. The Morgan fingerprint density at radius 1 is 1.46 bits per heavy atom. The van der Waals surface area contributed by atoms with E-state index in [0.29, 0.717) is 6.54 Å². The van der Waals surface area contributed by atoms with E-state index in [1.165, 1.54) is 4.68 Å². The number of carbonyl (C=O) groups is 1. The Morgan fingerprint density at radius 3 is 2.83 bits per heavy atom. The number of para-hydroxylation sites is 1. The number of fused-ring (bicyclic) bond motifs is 1. The van der Waals surface area contributed by atoms with Crippen LogP contribution in [0.15, 0.2) is 29.2 Å². The van der Waals surface area contributed by atoms with Crippen LogP contribution in [0.5, 0.6) is 0 Å². The summed E-state index contributed by atoms with van der Waals surface area (Å²) < 4.78 is 1.42. The van der Waals surface area contributed by atoms with E-state index in [4.69, 9.17) is 0 Å². The number of benzene rings is 1. The third-order valence-electron chi connectivity index (χ3n) is 4.04. The maximum Gasteiger partial charge on any atom is 0.322 e. The molecule has 1 atom stereocenters. The molecule has 0 saturated carbocycles. The molecule has 1 amide bonds. The molecule has 0 aliphatic carbocycles. The molecule has 24 heavy (non-hydrogen) atoms. The van der Waals surface area contributed by atoms with Crippen LogP contribution in [0, 0.1) is 17.0 Å². The largest absolute Gasteiger partial charge is 0.322 e. The van der Waals surface area contributed by atoms with Gasteiger partial charge in [0.05, 0.1) is 10.6 Å². The second-order valence-electron chi connectivity index (χ2n) is 5.66. The number of aryl methyl sites for hydroxylation is 2. The highest BCUT2D eigenvalue weighted by atomic mass is 32.2. The molecule has 0 saturated heterocycles. The summed E-state index contributed by atoms with van der Waals surface area (Å²) in [5, 5.41) is 15.6. The minimum atomic E-state index is -0.517. The van der Waals surface area contributed by atoms with Crippen molar-refractivity contribution in [2.45, 2.75) is 38.3 Å². The number of nitrogens with zero attached hydrogens (tertiary/aromatic N) is 4. The fraction of sp³-hybridized carbons (Fsp3) is 0.375. The highest BCUT2D eigenvalue weighted by molar-refractivity contribution is 7.99. The molecule has 1 aliphatic heterocycles. The Bertz CT molecular complexity index is 818. The zero-order chi connectivity index (χ0) is 17.4. The van der Waals surface area contributed by atoms with Crippen molar-refractivity contribution in [1.29, 1.82) is 0 Å². The molecule has 126 valence electrons. The minimum absolute atomic E-state index is 0.0496. The quantitative estimate of drug-likeness (QED) is 0.629.